The number of aromatic nitrogens is 1. The maximum atomic E-state index is 12.2. The molecule has 5 nitrogen and oxygen atoms in total. The Bertz CT molecular complexity index is 535. The van der Waals surface area contributed by atoms with E-state index in [0.29, 0.717) is 24.6 Å². The molecule has 1 aliphatic carbocycles. The first-order chi connectivity index (χ1) is 9.16. The van der Waals surface area contributed by atoms with Crippen molar-refractivity contribution in [2.45, 2.75) is 26.2 Å². The van der Waals surface area contributed by atoms with E-state index >= 15 is 0 Å². The van der Waals surface area contributed by atoms with Crippen molar-refractivity contribution in [1.29, 1.82) is 0 Å². The van der Waals surface area contributed by atoms with E-state index in [9.17, 15) is 9.59 Å². The summed E-state index contributed by atoms with van der Waals surface area (Å²) in [5, 5.41) is 6.12. The van der Waals surface area contributed by atoms with Gasteiger partial charge in [-0.2, -0.15) is 0 Å². The summed E-state index contributed by atoms with van der Waals surface area (Å²) in [7, 11) is 0. The van der Waals surface area contributed by atoms with Crippen LogP contribution in [0.1, 0.15) is 44.9 Å². The van der Waals surface area contributed by atoms with Crippen molar-refractivity contribution < 1.29 is 9.59 Å². The number of ketones is 1. The van der Waals surface area contributed by atoms with Gasteiger partial charge in [0, 0.05) is 43.2 Å². The largest absolute Gasteiger partial charge is 0.354 e. The van der Waals surface area contributed by atoms with Crippen LogP contribution in [-0.2, 0) is 6.42 Å². The highest BCUT2D eigenvalue weighted by molar-refractivity contribution is 6.04. The molecule has 1 amide bonds. The van der Waals surface area contributed by atoms with Gasteiger partial charge in [-0.1, -0.05) is 0 Å². The van der Waals surface area contributed by atoms with Crippen molar-refractivity contribution in [3.05, 3.63) is 22.5 Å². The van der Waals surface area contributed by atoms with Crippen molar-refractivity contribution in [2.24, 2.45) is 5.92 Å². The molecule has 1 aliphatic heterocycles. The van der Waals surface area contributed by atoms with Crippen LogP contribution < -0.4 is 10.6 Å². The van der Waals surface area contributed by atoms with Crippen LogP contribution in [0.5, 0.6) is 0 Å². The van der Waals surface area contributed by atoms with Crippen LogP contribution in [0.4, 0.5) is 0 Å². The van der Waals surface area contributed by atoms with Gasteiger partial charge < -0.3 is 15.6 Å². The Kier molecular flexibility index (Phi) is 4.50. The van der Waals surface area contributed by atoms with Crippen LogP contribution in [0, 0.1) is 12.8 Å². The number of amides is 1. The first kappa shape index (κ1) is 15.1. The van der Waals surface area contributed by atoms with Crippen LogP contribution in [0.2, 0.25) is 0 Å². The van der Waals surface area contributed by atoms with Gasteiger partial charge in [-0.15, -0.1) is 12.4 Å². The van der Waals surface area contributed by atoms with Crippen LogP contribution in [-0.4, -0.2) is 36.3 Å². The lowest BCUT2D eigenvalue weighted by atomic mass is 9.94. The van der Waals surface area contributed by atoms with Gasteiger partial charge >= 0.3 is 0 Å². The molecule has 3 N–H and O–H groups in total. The molecular weight excluding hydrogens is 278 g/mol. The average molecular weight is 298 g/mol. The fourth-order valence-electron chi connectivity index (χ4n) is 2.82. The molecule has 110 valence electrons. The van der Waals surface area contributed by atoms with Crippen LogP contribution >= 0.6 is 12.4 Å². The second-order valence-corrected chi connectivity index (χ2v) is 5.49. The normalized spacial score (nSPS) is 17.9. The molecule has 1 fully saturated rings. The Hall–Kier alpha value is -1.33. The number of hydrogen-bond donors (Lipinski definition) is 3. The maximum absolute atomic E-state index is 12.2. The zero-order valence-corrected chi connectivity index (χ0v) is 12.4. The van der Waals surface area contributed by atoms with Gasteiger partial charge in [-0.3, -0.25) is 9.59 Å². The summed E-state index contributed by atoms with van der Waals surface area (Å²) in [6.07, 6.45) is 2.34. The molecular formula is C14H20ClN3O2. The highest BCUT2D eigenvalue weighted by Gasteiger charge is 2.26. The lowest BCUT2D eigenvalue weighted by Gasteiger charge is -2.27. The summed E-state index contributed by atoms with van der Waals surface area (Å²) >= 11 is 0. The second-order valence-electron chi connectivity index (χ2n) is 5.49. The summed E-state index contributed by atoms with van der Waals surface area (Å²) in [5.74, 6) is 0.610. The molecule has 2 aliphatic rings. The number of rotatable bonds is 3. The third-order valence-corrected chi connectivity index (χ3v) is 4.08. The van der Waals surface area contributed by atoms with E-state index in [4.69, 9.17) is 0 Å². The van der Waals surface area contributed by atoms with E-state index in [1.165, 1.54) is 0 Å². The Labute approximate surface area is 124 Å². The molecule has 1 saturated heterocycles. The van der Waals surface area contributed by atoms with Crippen molar-refractivity contribution >= 4 is 24.1 Å². The molecule has 0 atom stereocenters. The standard InChI is InChI=1S/C14H19N3O2.ClH/c1-8-12-10(3-2-4-11(12)18)17-13(8)14(19)16-7-9-5-15-6-9;/h9,15,17H,2-7H2,1H3,(H,16,19);1H. The number of carbonyl (C=O) groups is 2. The van der Waals surface area contributed by atoms with Gasteiger partial charge in [-0.05, 0) is 25.3 Å². The molecule has 3 rings (SSSR count). The van der Waals surface area contributed by atoms with Gasteiger partial charge in [0.25, 0.3) is 5.91 Å². The minimum Gasteiger partial charge on any atom is -0.354 e. The molecule has 0 radical (unpaired) electrons. The molecule has 1 aromatic rings. The zero-order chi connectivity index (χ0) is 13.4. The Morgan fingerprint density at radius 2 is 2.10 bits per heavy atom. The van der Waals surface area contributed by atoms with E-state index in [1.807, 2.05) is 6.92 Å². The van der Waals surface area contributed by atoms with Gasteiger partial charge in [0.1, 0.15) is 5.69 Å². The van der Waals surface area contributed by atoms with E-state index in [2.05, 4.69) is 15.6 Å². The summed E-state index contributed by atoms with van der Waals surface area (Å²) in [5.41, 5.74) is 3.06. The third kappa shape index (κ3) is 2.60. The Morgan fingerprint density at radius 1 is 1.35 bits per heavy atom. The highest BCUT2D eigenvalue weighted by atomic mass is 35.5. The number of H-pyrrole nitrogens is 1. The number of aromatic amines is 1. The van der Waals surface area contributed by atoms with E-state index in [1.54, 1.807) is 0 Å². The first-order valence-corrected chi connectivity index (χ1v) is 6.90. The predicted octanol–water partition coefficient (Wildman–Crippen LogP) is 1.21. The second kappa shape index (κ2) is 5.97. The Morgan fingerprint density at radius 3 is 2.70 bits per heavy atom. The highest BCUT2D eigenvalue weighted by Crippen LogP contribution is 2.26. The molecule has 0 bridgehead atoms. The van der Waals surface area contributed by atoms with E-state index in [-0.39, 0.29) is 24.1 Å². The number of nitrogens with one attached hydrogen (secondary N) is 3. The summed E-state index contributed by atoms with van der Waals surface area (Å²) in [4.78, 5) is 27.2. The number of halogens is 1. The zero-order valence-electron chi connectivity index (χ0n) is 11.5. The maximum Gasteiger partial charge on any atom is 0.268 e. The van der Waals surface area contributed by atoms with E-state index < -0.39 is 0 Å². The number of fused-ring (bicyclic) bond motifs is 1. The monoisotopic (exact) mass is 297 g/mol. The predicted molar refractivity (Wildman–Crippen MR) is 78.7 cm³/mol. The lowest BCUT2D eigenvalue weighted by Crippen LogP contribution is -2.48. The van der Waals surface area contributed by atoms with Gasteiger partial charge in [0.2, 0.25) is 0 Å². The molecule has 0 unspecified atom stereocenters. The minimum absolute atomic E-state index is 0. The number of carbonyl (C=O) groups excluding carboxylic acids is 2. The average Bonchev–Trinajstić information content (AvgIpc) is 2.66. The van der Waals surface area contributed by atoms with Gasteiger partial charge in [-0.25, -0.2) is 0 Å². The molecule has 6 heteroatoms. The fourth-order valence-corrected chi connectivity index (χ4v) is 2.82. The smallest absolute Gasteiger partial charge is 0.268 e. The number of aryl methyl sites for hydroxylation is 1. The van der Waals surface area contributed by atoms with Crippen LogP contribution in [0.3, 0.4) is 0 Å². The molecule has 20 heavy (non-hydrogen) atoms. The van der Waals surface area contributed by atoms with Gasteiger partial charge in [0.05, 0.1) is 0 Å². The van der Waals surface area contributed by atoms with Crippen molar-refractivity contribution in [1.82, 2.24) is 15.6 Å². The van der Waals surface area contributed by atoms with Crippen LogP contribution in [0.25, 0.3) is 0 Å². The molecule has 0 spiro atoms. The summed E-state index contributed by atoms with van der Waals surface area (Å²) in [6, 6.07) is 0. The third-order valence-electron chi connectivity index (χ3n) is 4.08. The fraction of sp³-hybridized carbons (Fsp3) is 0.571. The SMILES string of the molecule is Cc1c(C(=O)NCC2CNC2)[nH]c2c1C(=O)CCC2.Cl. The van der Waals surface area contributed by atoms with Gasteiger partial charge in [0.15, 0.2) is 5.78 Å². The lowest BCUT2D eigenvalue weighted by molar-refractivity contribution is 0.0936. The number of hydrogen-bond acceptors (Lipinski definition) is 3. The van der Waals surface area contributed by atoms with Crippen molar-refractivity contribution in [2.75, 3.05) is 19.6 Å². The minimum atomic E-state index is -0.0911. The first-order valence-electron chi connectivity index (χ1n) is 6.90. The quantitative estimate of drug-likeness (QED) is 0.785. The molecule has 0 saturated carbocycles. The topological polar surface area (TPSA) is 74.0 Å². The summed E-state index contributed by atoms with van der Waals surface area (Å²) in [6.45, 7) is 4.50. The number of Topliss-reactive ketones (excluding diaryl/α,β-unsaturated/α-hetero) is 1. The molecule has 0 aromatic carbocycles. The van der Waals surface area contributed by atoms with E-state index in [0.717, 1.165) is 42.8 Å². The molecule has 2 heterocycles. The van der Waals surface area contributed by atoms with Crippen molar-refractivity contribution in [3.63, 3.8) is 0 Å². The van der Waals surface area contributed by atoms with Crippen molar-refractivity contribution in [3.8, 4) is 0 Å². The van der Waals surface area contributed by atoms with Crippen LogP contribution in [0.15, 0.2) is 0 Å². The summed E-state index contributed by atoms with van der Waals surface area (Å²) < 4.78 is 0. The molecule has 1 aromatic heterocycles. The Balaban J connectivity index is 0.00000147.